The third kappa shape index (κ3) is 3.04. The lowest BCUT2D eigenvalue weighted by atomic mass is 9.78. The summed E-state index contributed by atoms with van der Waals surface area (Å²) in [5.41, 5.74) is -0.840. The number of halogens is 2. The molecule has 1 aliphatic rings. The van der Waals surface area contributed by atoms with Gasteiger partial charge in [-0.05, 0) is 52.3 Å². The van der Waals surface area contributed by atoms with Crippen molar-refractivity contribution < 1.29 is 18.1 Å². The van der Waals surface area contributed by atoms with Gasteiger partial charge in [-0.15, -0.1) is 0 Å². The summed E-state index contributed by atoms with van der Waals surface area (Å²) >= 11 is 0. The van der Waals surface area contributed by atoms with Gasteiger partial charge in [0.05, 0.1) is 16.7 Å². The van der Waals surface area contributed by atoms with Crippen molar-refractivity contribution in [2.24, 2.45) is 0 Å². The first kappa shape index (κ1) is 17.1. The molecule has 0 aliphatic carbocycles. The molecule has 1 aromatic rings. The molecule has 2 rings (SSSR count). The molecule has 1 aliphatic heterocycles. The van der Waals surface area contributed by atoms with E-state index >= 15 is 0 Å². The van der Waals surface area contributed by atoms with Crippen LogP contribution in [0.5, 0.6) is 0 Å². The molecule has 1 saturated heterocycles. The molecule has 0 atom stereocenters. The Morgan fingerprint density at radius 2 is 1.25 bits per heavy atom. The number of benzene rings is 1. The lowest BCUT2D eigenvalue weighted by Crippen LogP contribution is -2.41. The van der Waals surface area contributed by atoms with Crippen molar-refractivity contribution in [1.29, 1.82) is 0 Å². The molecule has 0 bridgehead atoms. The Balaban J connectivity index is 0.000000956. The molecular formula is C15H23BF2O2. The molecule has 0 N–H and O–H groups in total. The Morgan fingerprint density at radius 3 is 1.60 bits per heavy atom. The molecule has 112 valence electrons. The fraction of sp³-hybridized carbons (Fsp3) is 0.600. The van der Waals surface area contributed by atoms with Gasteiger partial charge in [0.1, 0.15) is 11.6 Å². The maximum atomic E-state index is 13.9. The molecule has 0 amide bonds. The Morgan fingerprint density at radius 1 is 0.900 bits per heavy atom. The highest BCUT2D eigenvalue weighted by Crippen LogP contribution is 2.36. The Hall–Kier alpha value is -0.935. The quantitative estimate of drug-likeness (QED) is 0.734. The second-order valence-electron chi connectivity index (χ2n) is 5.73. The molecule has 2 nitrogen and oxygen atoms in total. The highest BCUT2D eigenvalue weighted by atomic mass is 19.1. The highest BCUT2D eigenvalue weighted by molar-refractivity contribution is 6.62. The highest BCUT2D eigenvalue weighted by Gasteiger charge is 2.53. The third-order valence-corrected chi connectivity index (χ3v) is 3.71. The summed E-state index contributed by atoms with van der Waals surface area (Å²) in [7, 11) is -1.00. The van der Waals surface area contributed by atoms with Crippen LogP contribution in [0, 0.1) is 18.6 Å². The first-order valence-electron chi connectivity index (χ1n) is 6.95. The van der Waals surface area contributed by atoms with E-state index in [0.717, 1.165) is 0 Å². The predicted molar refractivity (Wildman–Crippen MR) is 78.2 cm³/mol. The molecule has 0 spiro atoms. The van der Waals surface area contributed by atoms with Gasteiger partial charge in [-0.3, -0.25) is 0 Å². The van der Waals surface area contributed by atoms with Gasteiger partial charge in [-0.25, -0.2) is 8.78 Å². The molecule has 20 heavy (non-hydrogen) atoms. The Bertz CT molecular complexity index is 448. The van der Waals surface area contributed by atoms with E-state index in [1.165, 1.54) is 12.1 Å². The summed E-state index contributed by atoms with van der Waals surface area (Å²) in [6.07, 6.45) is 0. The van der Waals surface area contributed by atoms with Crippen LogP contribution in [-0.4, -0.2) is 18.3 Å². The fourth-order valence-electron chi connectivity index (χ4n) is 1.90. The zero-order valence-corrected chi connectivity index (χ0v) is 13.3. The van der Waals surface area contributed by atoms with E-state index in [4.69, 9.17) is 9.31 Å². The SMILES string of the molecule is CC.Cc1cc(F)c(B2OC(C)(C)C(C)(C)O2)c(F)c1. The summed E-state index contributed by atoms with van der Waals surface area (Å²) in [5, 5.41) is 0. The van der Waals surface area contributed by atoms with Crippen LogP contribution in [0.4, 0.5) is 8.78 Å². The van der Waals surface area contributed by atoms with Crippen LogP contribution in [0.25, 0.3) is 0 Å². The second kappa shape index (κ2) is 5.82. The largest absolute Gasteiger partial charge is 0.500 e. The standard InChI is InChI=1S/C13H17BF2O2.C2H6/c1-8-6-9(15)11(10(16)7-8)14-17-12(2,3)13(4,5)18-14;1-2/h6-7H,1-5H3;1-2H3. The van der Waals surface area contributed by atoms with E-state index in [2.05, 4.69) is 0 Å². The van der Waals surface area contributed by atoms with Crippen molar-refractivity contribution in [1.82, 2.24) is 0 Å². The summed E-state index contributed by atoms with van der Waals surface area (Å²) in [6, 6.07) is 2.56. The summed E-state index contributed by atoms with van der Waals surface area (Å²) in [4.78, 5) is 0. The third-order valence-electron chi connectivity index (χ3n) is 3.71. The van der Waals surface area contributed by atoms with Gasteiger partial charge in [0.2, 0.25) is 0 Å². The lowest BCUT2D eigenvalue weighted by Gasteiger charge is -2.32. The number of aryl methyl sites for hydroxylation is 1. The van der Waals surface area contributed by atoms with Gasteiger partial charge in [0.15, 0.2) is 0 Å². The molecule has 1 aromatic carbocycles. The molecule has 0 aromatic heterocycles. The first-order chi connectivity index (χ1) is 9.14. The molecule has 0 saturated carbocycles. The number of hydrogen-bond donors (Lipinski definition) is 0. The van der Waals surface area contributed by atoms with Crippen molar-refractivity contribution in [3.8, 4) is 0 Å². The van der Waals surface area contributed by atoms with E-state index in [9.17, 15) is 8.78 Å². The molecule has 1 fully saturated rings. The van der Waals surface area contributed by atoms with Gasteiger partial charge < -0.3 is 9.31 Å². The zero-order valence-electron chi connectivity index (χ0n) is 13.3. The maximum absolute atomic E-state index is 13.9. The van der Waals surface area contributed by atoms with Gasteiger partial charge >= 0.3 is 7.12 Å². The average molecular weight is 284 g/mol. The smallest absolute Gasteiger partial charge is 0.399 e. The minimum Gasteiger partial charge on any atom is -0.399 e. The fourth-order valence-corrected chi connectivity index (χ4v) is 1.90. The molecule has 1 heterocycles. The van der Waals surface area contributed by atoms with E-state index < -0.39 is 30.0 Å². The van der Waals surface area contributed by atoms with Crippen molar-refractivity contribution in [3.05, 3.63) is 29.3 Å². The predicted octanol–water partition coefficient (Wildman–Crippen LogP) is 3.60. The van der Waals surface area contributed by atoms with Gasteiger partial charge in [0.25, 0.3) is 0 Å². The van der Waals surface area contributed by atoms with Crippen molar-refractivity contribution in [3.63, 3.8) is 0 Å². The van der Waals surface area contributed by atoms with Crippen LogP contribution >= 0.6 is 0 Å². The maximum Gasteiger partial charge on any atom is 0.500 e. The normalized spacial score (nSPS) is 19.6. The zero-order chi connectivity index (χ0) is 15.7. The van der Waals surface area contributed by atoms with E-state index in [1.807, 2.05) is 41.5 Å². The topological polar surface area (TPSA) is 18.5 Å². The minimum absolute atomic E-state index is 0.153. The van der Waals surface area contributed by atoms with Gasteiger partial charge in [0, 0.05) is 0 Å². The van der Waals surface area contributed by atoms with Crippen molar-refractivity contribution in [2.75, 3.05) is 0 Å². The van der Waals surface area contributed by atoms with Crippen LogP contribution in [0.3, 0.4) is 0 Å². The molecule has 5 heteroatoms. The van der Waals surface area contributed by atoms with E-state index in [-0.39, 0.29) is 5.46 Å². The Labute approximate surface area is 120 Å². The number of hydrogen-bond acceptors (Lipinski definition) is 2. The van der Waals surface area contributed by atoms with Crippen molar-refractivity contribution >= 4 is 12.6 Å². The molecular weight excluding hydrogens is 261 g/mol. The van der Waals surface area contributed by atoms with Crippen LogP contribution in [0.2, 0.25) is 0 Å². The van der Waals surface area contributed by atoms with E-state index in [1.54, 1.807) is 6.92 Å². The van der Waals surface area contributed by atoms with E-state index in [0.29, 0.717) is 5.56 Å². The van der Waals surface area contributed by atoms with Crippen LogP contribution in [0.15, 0.2) is 12.1 Å². The molecule has 0 radical (unpaired) electrons. The van der Waals surface area contributed by atoms with Gasteiger partial charge in [-0.1, -0.05) is 13.8 Å². The summed E-state index contributed by atoms with van der Waals surface area (Å²) < 4.78 is 39.0. The monoisotopic (exact) mass is 284 g/mol. The summed E-state index contributed by atoms with van der Waals surface area (Å²) in [5.74, 6) is -1.27. The van der Waals surface area contributed by atoms with Crippen LogP contribution in [0.1, 0.15) is 47.1 Å². The Kier molecular flexibility index (Phi) is 4.98. The minimum atomic E-state index is -1.00. The lowest BCUT2D eigenvalue weighted by molar-refractivity contribution is 0.00578. The first-order valence-corrected chi connectivity index (χ1v) is 6.95. The average Bonchev–Trinajstić information content (AvgIpc) is 2.48. The second-order valence-corrected chi connectivity index (χ2v) is 5.73. The summed E-state index contributed by atoms with van der Waals surface area (Å²) in [6.45, 7) is 13.0. The van der Waals surface area contributed by atoms with Crippen LogP contribution < -0.4 is 5.46 Å². The number of rotatable bonds is 1. The van der Waals surface area contributed by atoms with Crippen molar-refractivity contribution in [2.45, 2.75) is 59.7 Å². The van der Waals surface area contributed by atoms with Gasteiger partial charge in [-0.2, -0.15) is 0 Å². The van der Waals surface area contributed by atoms with Crippen LogP contribution in [-0.2, 0) is 9.31 Å². The molecule has 0 unspecified atom stereocenters.